The SMILES string of the molecule is COC(=O)C1(C)CCNC(C)C1. The Morgan fingerprint density at radius 2 is 2.33 bits per heavy atom. The summed E-state index contributed by atoms with van der Waals surface area (Å²) < 4.78 is 4.77. The monoisotopic (exact) mass is 171 g/mol. The fraction of sp³-hybridized carbons (Fsp3) is 0.889. The lowest BCUT2D eigenvalue weighted by atomic mass is 9.78. The van der Waals surface area contributed by atoms with Crippen molar-refractivity contribution in [2.24, 2.45) is 5.41 Å². The van der Waals surface area contributed by atoms with Crippen LogP contribution in [0.5, 0.6) is 0 Å². The maximum absolute atomic E-state index is 11.4. The van der Waals surface area contributed by atoms with Crippen LogP contribution in [-0.4, -0.2) is 25.7 Å². The van der Waals surface area contributed by atoms with E-state index in [2.05, 4.69) is 12.2 Å². The van der Waals surface area contributed by atoms with Gasteiger partial charge in [-0.25, -0.2) is 0 Å². The highest BCUT2D eigenvalue weighted by Crippen LogP contribution is 2.31. The van der Waals surface area contributed by atoms with Gasteiger partial charge >= 0.3 is 5.97 Å². The number of nitrogens with one attached hydrogen (secondary N) is 1. The van der Waals surface area contributed by atoms with E-state index in [4.69, 9.17) is 4.74 Å². The summed E-state index contributed by atoms with van der Waals surface area (Å²) in [5.41, 5.74) is -0.264. The first-order valence-corrected chi connectivity index (χ1v) is 4.40. The molecule has 0 aromatic rings. The molecule has 2 atom stereocenters. The van der Waals surface area contributed by atoms with Gasteiger partial charge < -0.3 is 10.1 Å². The fourth-order valence-corrected chi connectivity index (χ4v) is 1.88. The van der Waals surface area contributed by atoms with Gasteiger partial charge in [-0.15, -0.1) is 0 Å². The minimum atomic E-state index is -0.264. The molecule has 0 spiro atoms. The third-order valence-corrected chi connectivity index (χ3v) is 2.60. The number of hydrogen-bond acceptors (Lipinski definition) is 3. The van der Waals surface area contributed by atoms with E-state index in [1.54, 1.807) is 0 Å². The summed E-state index contributed by atoms with van der Waals surface area (Å²) in [4.78, 5) is 11.4. The Hall–Kier alpha value is -0.570. The average molecular weight is 171 g/mol. The van der Waals surface area contributed by atoms with Gasteiger partial charge in [0.2, 0.25) is 0 Å². The molecule has 70 valence electrons. The van der Waals surface area contributed by atoms with Crippen molar-refractivity contribution in [3.8, 4) is 0 Å². The summed E-state index contributed by atoms with van der Waals surface area (Å²) in [5.74, 6) is -0.0733. The molecule has 1 heterocycles. The van der Waals surface area contributed by atoms with Gasteiger partial charge in [0.1, 0.15) is 0 Å². The molecule has 1 aliphatic heterocycles. The van der Waals surface area contributed by atoms with E-state index in [0.29, 0.717) is 6.04 Å². The molecule has 1 aliphatic rings. The number of methoxy groups -OCH3 is 1. The van der Waals surface area contributed by atoms with Crippen LogP contribution in [0.1, 0.15) is 26.7 Å². The van der Waals surface area contributed by atoms with Crippen molar-refractivity contribution in [1.82, 2.24) is 5.32 Å². The van der Waals surface area contributed by atoms with Crippen LogP contribution < -0.4 is 5.32 Å². The molecule has 0 aliphatic carbocycles. The number of hydrogen-bond donors (Lipinski definition) is 1. The first-order chi connectivity index (χ1) is 5.58. The Balaban J connectivity index is 2.63. The number of rotatable bonds is 1. The molecule has 0 amide bonds. The molecule has 1 fully saturated rings. The Kier molecular flexibility index (Phi) is 2.73. The topological polar surface area (TPSA) is 38.3 Å². The minimum absolute atomic E-state index is 0.0733. The summed E-state index contributed by atoms with van der Waals surface area (Å²) in [7, 11) is 1.46. The van der Waals surface area contributed by atoms with Crippen molar-refractivity contribution in [1.29, 1.82) is 0 Å². The van der Waals surface area contributed by atoms with E-state index in [9.17, 15) is 4.79 Å². The van der Waals surface area contributed by atoms with Crippen molar-refractivity contribution < 1.29 is 9.53 Å². The molecule has 0 aromatic carbocycles. The maximum atomic E-state index is 11.4. The summed E-state index contributed by atoms with van der Waals surface area (Å²) >= 11 is 0. The van der Waals surface area contributed by atoms with Crippen molar-refractivity contribution in [2.45, 2.75) is 32.7 Å². The zero-order valence-electron chi connectivity index (χ0n) is 8.02. The van der Waals surface area contributed by atoms with Gasteiger partial charge in [-0.1, -0.05) is 0 Å². The number of ether oxygens (including phenoxy) is 1. The molecule has 0 bridgehead atoms. The van der Waals surface area contributed by atoms with Crippen LogP contribution >= 0.6 is 0 Å². The molecule has 1 N–H and O–H groups in total. The first kappa shape index (κ1) is 9.52. The van der Waals surface area contributed by atoms with E-state index in [-0.39, 0.29) is 11.4 Å². The molecule has 12 heavy (non-hydrogen) atoms. The van der Waals surface area contributed by atoms with Crippen LogP contribution in [0.3, 0.4) is 0 Å². The molecule has 2 unspecified atom stereocenters. The van der Waals surface area contributed by atoms with Gasteiger partial charge in [-0.05, 0) is 33.2 Å². The highest BCUT2D eigenvalue weighted by Gasteiger charge is 2.37. The minimum Gasteiger partial charge on any atom is -0.469 e. The molecular formula is C9H17NO2. The Morgan fingerprint density at radius 1 is 1.67 bits per heavy atom. The molecule has 3 heteroatoms. The fourth-order valence-electron chi connectivity index (χ4n) is 1.88. The summed E-state index contributed by atoms with van der Waals surface area (Å²) in [6.45, 7) is 4.99. The highest BCUT2D eigenvalue weighted by molar-refractivity contribution is 5.76. The highest BCUT2D eigenvalue weighted by atomic mass is 16.5. The third-order valence-electron chi connectivity index (χ3n) is 2.60. The summed E-state index contributed by atoms with van der Waals surface area (Å²) in [6, 6.07) is 0.419. The zero-order chi connectivity index (χ0) is 9.19. The molecule has 3 nitrogen and oxygen atoms in total. The average Bonchev–Trinajstić information content (AvgIpc) is 2.02. The van der Waals surface area contributed by atoms with Gasteiger partial charge in [-0.2, -0.15) is 0 Å². The molecule has 1 saturated heterocycles. The molecular weight excluding hydrogens is 154 g/mol. The lowest BCUT2D eigenvalue weighted by Gasteiger charge is -2.34. The van der Waals surface area contributed by atoms with Crippen LogP contribution in [0.15, 0.2) is 0 Å². The third kappa shape index (κ3) is 1.78. The van der Waals surface area contributed by atoms with Crippen molar-refractivity contribution >= 4 is 5.97 Å². The Labute approximate surface area is 73.5 Å². The predicted octanol–water partition coefficient (Wildman–Crippen LogP) is 0.938. The molecule has 0 saturated carbocycles. The van der Waals surface area contributed by atoms with Crippen LogP contribution in [-0.2, 0) is 9.53 Å². The number of carbonyl (C=O) groups is 1. The standard InChI is InChI=1S/C9H17NO2/c1-7-6-9(2,4-5-10-7)8(11)12-3/h7,10H,4-6H2,1-3H3. The summed E-state index contributed by atoms with van der Waals surface area (Å²) in [5, 5.41) is 3.31. The van der Waals surface area contributed by atoms with Gasteiger partial charge in [0, 0.05) is 6.04 Å². The van der Waals surface area contributed by atoms with Crippen molar-refractivity contribution in [2.75, 3.05) is 13.7 Å². The van der Waals surface area contributed by atoms with Gasteiger partial charge in [0.25, 0.3) is 0 Å². The van der Waals surface area contributed by atoms with Crippen LogP contribution in [0.25, 0.3) is 0 Å². The number of piperidine rings is 1. The number of esters is 1. The normalized spacial score (nSPS) is 36.1. The smallest absolute Gasteiger partial charge is 0.311 e. The van der Waals surface area contributed by atoms with Gasteiger partial charge in [0.05, 0.1) is 12.5 Å². The summed E-state index contributed by atoms with van der Waals surface area (Å²) in [6.07, 6.45) is 1.75. The molecule has 1 rings (SSSR count). The maximum Gasteiger partial charge on any atom is 0.311 e. The van der Waals surface area contributed by atoms with Gasteiger partial charge in [0.15, 0.2) is 0 Å². The molecule has 0 aromatic heterocycles. The Morgan fingerprint density at radius 3 is 2.83 bits per heavy atom. The van der Waals surface area contributed by atoms with Crippen LogP contribution in [0.4, 0.5) is 0 Å². The van der Waals surface area contributed by atoms with Crippen molar-refractivity contribution in [3.05, 3.63) is 0 Å². The second-order valence-corrected chi connectivity index (χ2v) is 3.86. The van der Waals surface area contributed by atoms with E-state index in [1.165, 1.54) is 7.11 Å². The Bertz CT molecular complexity index is 181. The quantitative estimate of drug-likeness (QED) is 0.597. The predicted molar refractivity (Wildman–Crippen MR) is 46.8 cm³/mol. The first-order valence-electron chi connectivity index (χ1n) is 4.40. The zero-order valence-corrected chi connectivity index (χ0v) is 8.02. The van der Waals surface area contributed by atoms with E-state index in [0.717, 1.165) is 19.4 Å². The van der Waals surface area contributed by atoms with Crippen LogP contribution in [0.2, 0.25) is 0 Å². The van der Waals surface area contributed by atoms with Crippen molar-refractivity contribution in [3.63, 3.8) is 0 Å². The van der Waals surface area contributed by atoms with E-state index >= 15 is 0 Å². The lowest BCUT2D eigenvalue weighted by molar-refractivity contribution is -0.153. The van der Waals surface area contributed by atoms with Crippen LogP contribution in [0, 0.1) is 5.41 Å². The largest absolute Gasteiger partial charge is 0.469 e. The second kappa shape index (κ2) is 3.44. The van der Waals surface area contributed by atoms with E-state index < -0.39 is 0 Å². The number of carbonyl (C=O) groups excluding carboxylic acids is 1. The second-order valence-electron chi connectivity index (χ2n) is 3.86. The lowest BCUT2D eigenvalue weighted by Crippen LogP contribution is -2.45. The van der Waals surface area contributed by atoms with E-state index in [1.807, 2.05) is 6.92 Å². The molecule has 0 radical (unpaired) electrons. The van der Waals surface area contributed by atoms with Gasteiger partial charge in [-0.3, -0.25) is 4.79 Å².